The molecule has 2 aromatic carbocycles. The van der Waals surface area contributed by atoms with E-state index in [2.05, 4.69) is 10.6 Å². The third-order valence-electron chi connectivity index (χ3n) is 3.59. The van der Waals surface area contributed by atoms with E-state index in [1.54, 1.807) is 13.2 Å². The number of nitrogens with zero attached hydrogens (tertiary/aromatic N) is 1. The SMILES string of the molecule is COc1cccc(NCC(=O)N2CC(=O)Nc3ccccc32)c1. The van der Waals surface area contributed by atoms with Gasteiger partial charge in [0.15, 0.2) is 0 Å². The van der Waals surface area contributed by atoms with Crippen molar-refractivity contribution in [1.82, 2.24) is 0 Å². The first kappa shape index (κ1) is 14.9. The van der Waals surface area contributed by atoms with Gasteiger partial charge in [-0.2, -0.15) is 0 Å². The number of anilines is 3. The fourth-order valence-corrected chi connectivity index (χ4v) is 2.46. The Morgan fingerprint density at radius 1 is 1.26 bits per heavy atom. The lowest BCUT2D eigenvalue weighted by molar-refractivity contribution is -0.120. The minimum absolute atomic E-state index is 0.0234. The second kappa shape index (κ2) is 6.39. The van der Waals surface area contributed by atoms with Gasteiger partial charge in [0.1, 0.15) is 12.3 Å². The lowest BCUT2D eigenvalue weighted by Crippen LogP contribution is -2.44. The number of hydrogen-bond acceptors (Lipinski definition) is 4. The first-order valence-electron chi connectivity index (χ1n) is 7.24. The van der Waals surface area contributed by atoms with Crippen LogP contribution in [0.5, 0.6) is 5.75 Å². The fourth-order valence-electron chi connectivity index (χ4n) is 2.46. The maximum Gasteiger partial charge on any atom is 0.246 e. The van der Waals surface area contributed by atoms with E-state index in [1.807, 2.05) is 42.5 Å². The number of rotatable bonds is 4. The average molecular weight is 311 g/mol. The second-order valence-electron chi connectivity index (χ2n) is 5.13. The summed E-state index contributed by atoms with van der Waals surface area (Å²) in [5.41, 5.74) is 2.15. The number of ether oxygens (including phenoxy) is 1. The smallest absolute Gasteiger partial charge is 0.246 e. The highest BCUT2D eigenvalue weighted by Gasteiger charge is 2.26. The molecule has 2 aromatic rings. The molecule has 0 atom stereocenters. The van der Waals surface area contributed by atoms with Crippen LogP contribution in [0.25, 0.3) is 0 Å². The lowest BCUT2D eigenvalue weighted by Gasteiger charge is -2.29. The van der Waals surface area contributed by atoms with Gasteiger partial charge in [-0.25, -0.2) is 0 Å². The second-order valence-corrected chi connectivity index (χ2v) is 5.13. The van der Waals surface area contributed by atoms with Gasteiger partial charge in [0.25, 0.3) is 0 Å². The van der Waals surface area contributed by atoms with Crippen molar-refractivity contribution in [2.45, 2.75) is 0 Å². The predicted molar refractivity (Wildman–Crippen MR) is 88.9 cm³/mol. The molecule has 0 aliphatic carbocycles. The number of benzene rings is 2. The minimum atomic E-state index is -0.196. The van der Waals surface area contributed by atoms with Gasteiger partial charge < -0.3 is 15.4 Å². The normalized spacial score (nSPS) is 13.1. The highest BCUT2D eigenvalue weighted by molar-refractivity contribution is 6.10. The molecular formula is C17H17N3O3. The summed E-state index contributed by atoms with van der Waals surface area (Å²) in [6, 6.07) is 14.6. The van der Waals surface area contributed by atoms with Crippen molar-refractivity contribution in [2.75, 3.05) is 35.7 Å². The Balaban J connectivity index is 1.72. The molecule has 6 nitrogen and oxygen atoms in total. The number of hydrogen-bond donors (Lipinski definition) is 2. The van der Waals surface area contributed by atoms with Crippen molar-refractivity contribution < 1.29 is 14.3 Å². The molecular weight excluding hydrogens is 294 g/mol. The highest BCUT2D eigenvalue weighted by atomic mass is 16.5. The highest BCUT2D eigenvalue weighted by Crippen LogP contribution is 2.28. The van der Waals surface area contributed by atoms with Crippen LogP contribution < -0.4 is 20.3 Å². The van der Waals surface area contributed by atoms with Crippen LogP contribution in [-0.2, 0) is 9.59 Å². The van der Waals surface area contributed by atoms with Crippen LogP contribution in [0, 0.1) is 0 Å². The van der Waals surface area contributed by atoms with Crippen LogP contribution in [-0.4, -0.2) is 32.0 Å². The summed E-state index contributed by atoms with van der Waals surface area (Å²) in [4.78, 5) is 25.7. The molecule has 0 saturated heterocycles. The van der Waals surface area contributed by atoms with Crippen LogP contribution >= 0.6 is 0 Å². The van der Waals surface area contributed by atoms with Gasteiger partial charge in [0.05, 0.1) is 25.0 Å². The Morgan fingerprint density at radius 2 is 2.09 bits per heavy atom. The summed E-state index contributed by atoms with van der Waals surface area (Å²) in [5.74, 6) is 0.346. The molecule has 23 heavy (non-hydrogen) atoms. The number of amides is 2. The zero-order chi connectivity index (χ0) is 16.2. The Hall–Kier alpha value is -3.02. The van der Waals surface area contributed by atoms with Gasteiger partial charge in [-0.1, -0.05) is 18.2 Å². The standard InChI is InChI=1S/C17H17N3O3/c1-23-13-6-4-5-12(9-13)18-10-17(22)20-11-16(21)19-14-7-2-3-8-15(14)20/h2-9,18H,10-11H2,1H3,(H,19,21). The van der Waals surface area contributed by atoms with Crippen molar-refractivity contribution >= 4 is 28.9 Å². The van der Waals surface area contributed by atoms with E-state index in [-0.39, 0.29) is 24.9 Å². The first-order valence-corrected chi connectivity index (χ1v) is 7.24. The lowest BCUT2D eigenvalue weighted by atomic mass is 10.2. The van der Waals surface area contributed by atoms with Gasteiger partial charge in [0, 0.05) is 11.8 Å². The van der Waals surface area contributed by atoms with Gasteiger partial charge >= 0.3 is 0 Å². The van der Waals surface area contributed by atoms with Crippen molar-refractivity contribution in [3.63, 3.8) is 0 Å². The van der Waals surface area contributed by atoms with Crippen molar-refractivity contribution in [2.24, 2.45) is 0 Å². The summed E-state index contributed by atoms with van der Waals surface area (Å²) in [5, 5.41) is 5.82. The molecule has 0 bridgehead atoms. The summed E-state index contributed by atoms with van der Waals surface area (Å²) < 4.78 is 5.15. The Bertz CT molecular complexity index is 745. The van der Waals surface area contributed by atoms with Gasteiger partial charge in [-0.05, 0) is 24.3 Å². The molecule has 1 aliphatic heterocycles. The molecule has 118 valence electrons. The summed E-state index contributed by atoms with van der Waals surface area (Å²) in [6.45, 7) is 0.115. The molecule has 3 rings (SSSR count). The van der Waals surface area contributed by atoms with E-state index in [4.69, 9.17) is 4.74 Å². The average Bonchev–Trinajstić information content (AvgIpc) is 2.59. The van der Waals surface area contributed by atoms with Crippen LogP contribution in [0.15, 0.2) is 48.5 Å². The van der Waals surface area contributed by atoms with Crippen molar-refractivity contribution in [1.29, 1.82) is 0 Å². The van der Waals surface area contributed by atoms with Crippen molar-refractivity contribution in [3.05, 3.63) is 48.5 Å². The van der Waals surface area contributed by atoms with Gasteiger partial charge in [-0.15, -0.1) is 0 Å². The topological polar surface area (TPSA) is 70.7 Å². The summed E-state index contributed by atoms with van der Waals surface area (Å²) in [6.07, 6.45) is 0. The molecule has 0 fully saturated rings. The third kappa shape index (κ3) is 3.26. The molecule has 2 N–H and O–H groups in total. The number of carbonyl (C=O) groups is 2. The number of carbonyl (C=O) groups excluding carboxylic acids is 2. The van der Waals surface area contributed by atoms with E-state index < -0.39 is 0 Å². The maximum absolute atomic E-state index is 12.5. The number of para-hydroxylation sites is 2. The predicted octanol–water partition coefficient (Wildman–Crippen LogP) is 2.09. The summed E-state index contributed by atoms with van der Waals surface area (Å²) >= 11 is 0. The molecule has 0 unspecified atom stereocenters. The Morgan fingerprint density at radius 3 is 2.91 bits per heavy atom. The van der Waals surface area contributed by atoms with Crippen molar-refractivity contribution in [3.8, 4) is 5.75 Å². The molecule has 1 heterocycles. The Kier molecular flexibility index (Phi) is 4.14. The third-order valence-corrected chi connectivity index (χ3v) is 3.59. The quantitative estimate of drug-likeness (QED) is 0.907. The van der Waals surface area contributed by atoms with E-state index in [1.165, 1.54) is 4.90 Å². The molecule has 0 spiro atoms. The fraction of sp³-hybridized carbons (Fsp3) is 0.176. The monoisotopic (exact) mass is 311 g/mol. The van der Waals surface area contributed by atoms with E-state index in [0.29, 0.717) is 17.1 Å². The van der Waals surface area contributed by atoms with E-state index in [9.17, 15) is 9.59 Å². The molecule has 0 aromatic heterocycles. The zero-order valence-electron chi connectivity index (χ0n) is 12.7. The number of fused-ring (bicyclic) bond motifs is 1. The van der Waals surface area contributed by atoms with Gasteiger partial charge in [0.2, 0.25) is 11.8 Å². The zero-order valence-corrected chi connectivity index (χ0v) is 12.7. The van der Waals surface area contributed by atoms with E-state index in [0.717, 1.165) is 5.69 Å². The molecule has 0 radical (unpaired) electrons. The van der Waals surface area contributed by atoms with Crippen LogP contribution in [0.3, 0.4) is 0 Å². The van der Waals surface area contributed by atoms with Crippen LogP contribution in [0.4, 0.5) is 17.1 Å². The number of nitrogens with one attached hydrogen (secondary N) is 2. The van der Waals surface area contributed by atoms with Crippen LogP contribution in [0.1, 0.15) is 0 Å². The first-order chi connectivity index (χ1) is 11.2. The molecule has 2 amide bonds. The van der Waals surface area contributed by atoms with Gasteiger partial charge in [-0.3, -0.25) is 14.5 Å². The molecule has 0 saturated carbocycles. The molecule has 6 heteroatoms. The molecule has 1 aliphatic rings. The largest absolute Gasteiger partial charge is 0.497 e. The number of methoxy groups -OCH3 is 1. The van der Waals surface area contributed by atoms with E-state index >= 15 is 0 Å². The van der Waals surface area contributed by atoms with Crippen LogP contribution in [0.2, 0.25) is 0 Å². The Labute approximate surface area is 134 Å². The minimum Gasteiger partial charge on any atom is -0.497 e. The summed E-state index contributed by atoms with van der Waals surface area (Å²) in [7, 11) is 1.59. The maximum atomic E-state index is 12.5.